The van der Waals surface area contributed by atoms with E-state index in [2.05, 4.69) is 4.72 Å². The summed E-state index contributed by atoms with van der Waals surface area (Å²) in [4.78, 5) is 14.0. The number of carbonyl (C=O) groups is 1. The number of nitrogens with one attached hydrogen (secondary N) is 1. The number of benzene rings is 2. The molecule has 0 saturated carbocycles. The van der Waals surface area contributed by atoms with Crippen LogP contribution in [0.25, 0.3) is 0 Å². The third kappa shape index (κ3) is 5.41. The fourth-order valence-electron chi connectivity index (χ4n) is 2.50. The van der Waals surface area contributed by atoms with Crippen molar-refractivity contribution in [1.82, 2.24) is 9.62 Å². The zero-order valence-corrected chi connectivity index (χ0v) is 15.6. The summed E-state index contributed by atoms with van der Waals surface area (Å²) in [7, 11) is -1.90. The van der Waals surface area contributed by atoms with Crippen LogP contribution in [0, 0.1) is 13.8 Å². The zero-order chi connectivity index (χ0) is 18.4. The van der Waals surface area contributed by atoms with Gasteiger partial charge in [-0.2, -0.15) is 0 Å². The normalized spacial score (nSPS) is 11.3. The minimum atomic E-state index is -3.61. The lowest BCUT2D eigenvalue weighted by molar-refractivity contribution is -0.130. The molecule has 2 aromatic rings. The Labute approximate surface area is 149 Å². The van der Waals surface area contributed by atoms with Gasteiger partial charge in [-0.1, -0.05) is 42.5 Å². The summed E-state index contributed by atoms with van der Waals surface area (Å²) in [6.45, 7) is 4.18. The Morgan fingerprint density at radius 1 is 1.08 bits per heavy atom. The molecule has 0 radical (unpaired) electrons. The first kappa shape index (κ1) is 19.1. The summed E-state index contributed by atoms with van der Waals surface area (Å²) in [5.74, 6) is -0.104. The quantitative estimate of drug-likeness (QED) is 0.825. The molecule has 1 amide bonds. The molecule has 6 heteroatoms. The number of rotatable bonds is 7. The standard InChI is InChI=1S/C19H24N2O3S/c1-15-9-10-16(2)18(13-15)25(23,24)20-12-11-19(22)21(3)14-17-7-5-4-6-8-17/h4-10,13,20H,11-12,14H2,1-3H3. The molecular weight excluding hydrogens is 336 g/mol. The molecule has 0 aliphatic rings. The fourth-order valence-corrected chi connectivity index (χ4v) is 3.86. The highest BCUT2D eigenvalue weighted by atomic mass is 32.2. The van der Waals surface area contributed by atoms with Gasteiger partial charge in [-0.15, -0.1) is 0 Å². The first-order valence-corrected chi connectivity index (χ1v) is 9.63. The van der Waals surface area contributed by atoms with E-state index in [4.69, 9.17) is 0 Å². The van der Waals surface area contributed by atoms with E-state index >= 15 is 0 Å². The number of aryl methyl sites for hydroxylation is 2. The van der Waals surface area contributed by atoms with E-state index in [1.54, 1.807) is 31.0 Å². The molecule has 0 saturated heterocycles. The van der Waals surface area contributed by atoms with Crippen molar-refractivity contribution in [2.24, 2.45) is 0 Å². The summed E-state index contributed by atoms with van der Waals surface area (Å²) < 4.78 is 27.3. The van der Waals surface area contributed by atoms with Crippen LogP contribution < -0.4 is 4.72 Å². The van der Waals surface area contributed by atoms with Crippen LogP contribution in [0.2, 0.25) is 0 Å². The van der Waals surface area contributed by atoms with Crippen LogP contribution in [-0.4, -0.2) is 32.8 Å². The highest BCUT2D eigenvalue weighted by molar-refractivity contribution is 7.89. The summed E-state index contributed by atoms with van der Waals surface area (Å²) in [5, 5.41) is 0. The Balaban J connectivity index is 1.90. The van der Waals surface area contributed by atoms with Crippen molar-refractivity contribution < 1.29 is 13.2 Å². The van der Waals surface area contributed by atoms with Crippen molar-refractivity contribution in [3.8, 4) is 0 Å². The van der Waals surface area contributed by atoms with E-state index in [0.29, 0.717) is 12.1 Å². The molecular formula is C19H24N2O3S. The molecule has 2 rings (SSSR count). The van der Waals surface area contributed by atoms with Gasteiger partial charge in [0.25, 0.3) is 0 Å². The summed E-state index contributed by atoms with van der Waals surface area (Å²) in [5.41, 5.74) is 2.60. The molecule has 0 heterocycles. The van der Waals surface area contributed by atoms with Gasteiger partial charge in [-0.3, -0.25) is 4.79 Å². The molecule has 5 nitrogen and oxygen atoms in total. The van der Waals surface area contributed by atoms with Crippen LogP contribution in [0.15, 0.2) is 53.4 Å². The van der Waals surface area contributed by atoms with E-state index in [1.165, 1.54) is 0 Å². The highest BCUT2D eigenvalue weighted by Crippen LogP contribution is 2.16. The maximum absolute atomic E-state index is 12.4. The van der Waals surface area contributed by atoms with E-state index in [1.807, 2.05) is 43.3 Å². The van der Waals surface area contributed by atoms with Crippen LogP contribution >= 0.6 is 0 Å². The van der Waals surface area contributed by atoms with Crippen molar-refractivity contribution >= 4 is 15.9 Å². The van der Waals surface area contributed by atoms with Crippen molar-refractivity contribution in [3.63, 3.8) is 0 Å². The molecule has 134 valence electrons. The molecule has 0 bridgehead atoms. The number of hydrogen-bond acceptors (Lipinski definition) is 3. The third-order valence-corrected chi connectivity index (χ3v) is 5.56. The molecule has 25 heavy (non-hydrogen) atoms. The summed E-state index contributed by atoms with van der Waals surface area (Å²) in [6.07, 6.45) is 0.118. The summed E-state index contributed by atoms with van der Waals surface area (Å²) in [6, 6.07) is 15.0. The van der Waals surface area contributed by atoms with Crippen molar-refractivity contribution in [2.45, 2.75) is 31.7 Å². The van der Waals surface area contributed by atoms with Crippen molar-refractivity contribution in [2.75, 3.05) is 13.6 Å². The van der Waals surface area contributed by atoms with Crippen LogP contribution in [0.5, 0.6) is 0 Å². The highest BCUT2D eigenvalue weighted by Gasteiger charge is 2.17. The Hall–Kier alpha value is -2.18. The van der Waals surface area contributed by atoms with Crippen molar-refractivity contribution in [1.29, 1.82) is 0 Å². The lowest BCUT2D eigenvalue weighted by Crippen LogP contribution is -2.32. The largest absolute Gasteiger partial charge is 0.341 e. The zero-order valence-electron chi connectivity index (χ0n) is 14.8. The average Bonchev–Trinajstić information content (AvgIpc) is 2.57. The Bertz CT molecular complexity index is 833. The van der Waals surface area contributed by atoms with E-state index in [0.717, 1.165) is 11.1 Å². The van der Waals surface area contributed by atoms with E-state index in [9.17, 15) is 13.2 Å². The Morgan fingerprint density at radius 2 is 1.76 bits per heavy atom. The van der Waals surface area contributed by atoms with Crippen LogP contribution in [0.4, 0.5) is 0 Å². The van der Waals surface area contributed by atoms with Gasteiger partial charge < -0.3 is 4.90 Å². The SMILES string of the molecule is Cc1ccc(C)c(S(=O)(=O)NCCC(=O)N(C)Cc2ccccc2)c1. The van der Waals surface area contributed by atoms with E-state index in [-0.39, 0.29) is 23.8 Å². The van der Waals surface area contributed by atoms with Gasteiger partial charge in [0, 0.05) is 26.6 Å². The van der Waals surface area contributed by atoms with Gasteiger partial charge in [-0.25, -0.2) is 13.1 Å². The molecule has 2 aromatic carbocycles. The number of carbonyl (C=O) groups excluding carboxylic acids is 1. The molecule has 1 N–H and O–H groups in total. The van der Waals surface area contributed by atoms with Crippen LogP contribution in [-0.2, 0) is 21.4 Å². The number of sulfonamides is 1. The first-order valence-electron chi connectivity index (χ1n) is 8.14. The smallest absolute Gasteiger partial charge is 0.240 e. The van der Waals surface area contributed by atoms with Gasteiger partial charge >= 0.3 is 0 Å². The predicted molar refractivity (Wildman–Crippen MR) is 98.6 cm³/mol. The Morgan fingerprint density at radius 3 is 2.44 bits per heavy atom. The minimum Gasteiger partial charge on any atom is -0.341 e. The maximum Gasteiger partial charge on any atom is 0.240 e. The average molecular weight is 360 g/mol. The first-order chi connectivity index (χ1) is 11.8. The summed E-state index contributed by atoms with van der Waals surface area (Å²) >= 11 is 0. The minimum absolute atomic E-state index is 0.0771. The van der Waals surface area contributed by atoms with Gasteiger partial charge in [0.15, 0.2) is 0 Å². The number of hydrogen-bond donors (Lipinski definition) is 1. The molecule has 0 spiro atoms. The molecule has 0 fully saturated rings. The topological polar surface area (TPSA) is 66.5 Å². The maximum atomic E-state index is 12.4. The fraction of sp³-hybridized carbons (Fsp3) is 0.316. The second-order valence-corrected chi connectivity index (χ2v) is 7.89. The second kappa shape index (κ2) is 8.27. The van der Waals surface area contributed by atoms with Crippen LogP contribution in [0.1, 0.15) is 23.1 Å². The van der Waals surface area contributed by atoms with Gasteiger partial charge in [0.2, 0.25) is 15.9 Å². The monoisotopic (exact) mass is 360 g/mol. The van der Waals surface area contributed by atoms with Crippen LogP contribution in [0.3, 0.4) is 0 Å². The molecule has 0 aromatic heterocycles. The number of amides is 1. The van der Waals surface area contributed by atoms with Crippen molar-refractivity contribution in [3.05, 3.63) is 65.2 Å². The van der Waals surface area contributed by atoms with E-state index < -0.39 is 10.0 Å². The van der Waals surface area contributed by atoms with Gasteiger partial charge in [0.05, 0.1) is 4.90 Å². The lowest BCUT2D eigenvalue weighted by atomic mass is 10.2. The third-order valence-electron chi connectivity index (χ3n) is 3.95. The number of nitrogens with zero attached hydrogens (tertiary/aromatic N) is 1. The lowest BCUT2D eigenvalue weighted by Gasteiger charge is -2.17. The molecule has 0 unspecified atom stereocenters. The Kier molecular flexibility index (Phi) is 6.33. The predicted octanol–water partition coefficient (Wildman–Crippen LogP) is 2.63. The molecule has 0 aliphatic heterocycles. The molecule has 0 aliphatic carbocycles. The molecule has 0 atom stereocenters. The van der Waals surface area contributed by atoms with Gasteiger partial charge in [0.1, 0.15) is 0 Å². The second-order valence-electron chi connectivity index (χ2n) is 6.15. The van der Waals surface area contributed by atoms with Gasteiger partial charge in [-0.05, 0) is 36.6 Å².